The Kier molecular flexibility index (Phi) is 3.41. The lowest BCUT2D eigenvalue weighted by Gasteiger charge is -2.20. The van der Waals surface area contributed by atoms with Crippen LogP contribution in [0.5, 0.6) is 0 Å². The van der Waals surface area contributed by atoms with Gasteiger partial charge in [-0.05, 0) is 48.5 Å². The van der Waals surface area contributed by atoms with Crippen molar-refractivity contribution in [3.05, 3.63) is 15.9 Å². The molecule has 1 heterocycles. The van der Waals surface area contributed by atoms with Crippen molar-refractivity contribution in [2.75, 3.05) is 0 Å². The van der Waals surface area contributed by atoms with Crippen LogP contribution in [-0.2, 0) is 18.3 Å². The minimum Gasteiger partial charge on any atom is -0.382 e. The van der Waals surface area contributed by atoms with E-state index in [4.69, 9.17) is 0 Å². The predicted molar refractivity (Wildman–Crippen MR) is 67.8 cm³/mol. The number of hydrogen-bond donors (Lipinski definition) is 1. The van der Waals surface area contributed by atoms with Crippen LogP contribution in [0.1, 0.15) is 37.1 Å². The van der Waals surface area contributed by atoms with Gasteiger partial charge in [-0.15, -0.1) is 0 Å². The Morgan fingerprint density at radius 1 is 1.53 bits per heavy atom. The summed E-state index contributed by atoms with van der Waals surface area (Å²) in [5.41, 5.74) is 0.610. The van der Waals surface area contributed by atoms with Crippen molar-refractivity contribution in [3.8, 4) is 0 Å². The zero-order valence-corrected chi connectivity index (χ0v) is 11.7. The lowest BCUT2D eigenvalue weighted by Crippen LogP contribution is -2.37. The first-order valence-electron chi connectivity index (χ1n) is 5.88. The van der Waals surface area contributed by atoms with E-state index in [-0.39, 0.29) is 12.2 Å². The normalized spacial score (nSPS) is 18.6. The van der Waals surface area contributed by atoms with Gasteiger partial charge >= 0.3 is 0 Å². The molecule has 0 amide bonds. The molecule has 0 aliphatic heterocycles. The Hall–Kier alpha value is -0.680. The highest BCUT2D eigenvalue weighted by atomic mass is 79.9. The molecule has 1 aromatic heterocycles. The van der Waals surface area contributed by atoms with Gasteiger partial charge < -0.3 is 5.11 Å². The molecule has 0 bridgehead atoms. The van der Waals surface area contributed by atoms with E-state index in [1.165, 1.54) is 0 Å². The van der Waals surface area contributed by atoms with Crippen LogP contribution in [0.2, 0.25) is 0 Å². The molecule has 1 saturated carbocycles. The molecule has 94 valence electrons. The summed E-state index contributed by atoms with van der Waals surface area (Å²) < 4.78 is 2.57. The van der Waals surface area contributed by atoms with E-state index in [9.17, 15) is 9.90 Å². The zero-order valence-electron chi connectivity index (χ0n) is 10.2. The molecule has 1 fully saturated rings. The number of halogens is 1. The summed E-state index contributed by atoms with van der Waals surface area (Å²) in [5, 5.41) is 14.5. The molecule has 0 atom stereocenters. The van der Waals surface area contributed by atoms with E-state index in [2.05, 4.69) is 21.0 Å². The van der Waals surface area contributed by atoms with E-state index in [1.807, 2.05) is 14.0 Å². The Bertz CT molecular complexity index is 448. The van der Waals surface area contributed by atoms with Gasteiger partial charge in [-0.25, -0.2) is 0 Å². The number of aliphatic hydroxyl groups is 1. The van der Waals surface area contributed by atoms with Crippen molar-refractivity contribution in [1.82, 2.24) is 9.78 Å². The number of Topliss-reactive ketones (excluding diaryl/α,β-unsaturated/α-hetero) is 1. The number of aromatic nitrogens is 2. The highest BCUT2D eigenvalue weighted by molar-refractivity contribution is 9.10. The lowest BCUT2D eigenvalue weighted by atomic mass is 9.93. The summed E-state index contributed by atoms with van der Waals surface area (Å²) in [6.07, 6.45) is 3.32. The van der Waals surface area contributed by atoms with Gasteiger partial charge in [0.2, 0.25) is 0 Å². The number of aryl methyl sites for hydroxylation is 2. The maximum atomic E-state index is 12.1. The molecule has 5 heteroatoms. The quantitative estimate of drug-likeness (QED) is 0.928. The molecule has 0 spiro atoms. The maximum absolute atomic E-state index is 12.1. The molecule has 0 unspecified atom stereocenters. The van der Waals surface area contributed by atoms with Crippen LogP contribution in [0, 0.1) is 6.92 Å². The van der Waals surface area contributed by atoms with Crippen LogP contribution < -0.4 is 0 Å². The van der Waals surface area contributed by atoms with Crippen molar-refractivity contribution in [3.63, 3.8) is 0 Å². The SMILES string of the molecule is Cc1nn(C)c(CC(=O)C2(O)CCCC2)c1Br. The summed E-state index contributed by atoms with van der Waals surface area (Å²) in [6, 6.07) is 0. The molecule has 1 N–H and O–H groups in total. The second-order valence-corrected chi connectivity index (χ2v) is 5.60. The minimum atomic E-state index is -1.10. The van der Waals surface area contributed by atoms with Crippen molar-refractivity contribution < 1.29 is 9.90 Å². The smallest absolute Gasteiger partial charge is 0.170 e. The monoisotopic (exact) mass is 300 g/mol. The first-order valence-corrected chi connectivity index (χ1v) is 6.67. The fraction of sp³-hybridized carbons (Fsp3) is 0.667. The molecule has 17 heavy (non-hydrogen) atoms. The van der Waals surface area contributed by atoms with Gasteiger partial charge in [-0.3, -0.25) is 9.48 Å². The zero-order chi connectivity index (χ0) is 12.6. The van der Waals surface area contributed by atoms with E-state index in [0.717, 1.165) is 28.7 Å². The van der Waals surface area contributed by atoms with E-state index >= 15 is 0 Å². The fourth-order valence-corrected chi connectivity index (χ4v) is 2.90. The number of nitrogens with zero attached hydrogens (tertiary/aromatic N) is 2. The first-order chi connectivity index (χ1) is 7.94. The van der Waals surface area contributed by atoms with Crippen LogP contribution in [0.3, 0.4) is 0 Å². The molecule has 1 aromatic rings. The summed E-state index contributed by atoms with van der Waals surface area (Å²) >= 11 is 3.44. The molecule has 1 aliphatic rings. The van der Waals surface area contributed by atoms with Gasteiger partial charge in [0, 0.05) is 7.05 Å². The van der Waals surface area contributed by atoms with E-state index < -0.39 is 5.60 Å². The summed E-state index contributed by atoms with van der Waals surface area (Å²) in [5.74, 6) is -0.0845. The van der Waals surface area contributed by atoms with Gasteiger partial charge in [0.15, 0.2) is 5.78 Å². The third-order valence-corrected chi connectivity index (χ3v) is 4.57. The van der Waals surface area contributed by atoms with Crippen LogP contribution in [-0.4, -0.2) is 26.3 Å². The predicted octanol–water partition coefficient (Wildman–Crippen LogP) is 1.91. The average Bonchev–Trinajstić information content (AvgIpc) is 2.80. The molecule has 0 aromatic carbocycles. The lowest BCUT2D eigenvalue weighted by molar-refractivity contribution is -0.136. The molecule has 0 saturated heterocycles. The number of carbonyl (C=O) groups is 1. The summed E-state index contributed by atoms with van der Waals surface area (Å²) in [4.78, 5) is 12.1. The first kappa shape index (κ1) is 12.8. The largest absolute Gasteiger partial charge is 0.382 e. The standard InChI is InChI=1S/C12H17BrN2O2/c1-8-11(13)9(15(2)14-8)7-10(16)12(17)5-3-4-6-12/h17H,3-7H2,1-2H3. The molecule has 0 radical (unpaired) electrons. The molecule has 2 rings (SSSR count). The Labute approximate surface area is 109 Å². The topological polar surface area (TPSA) is 55.1 Å². The summed E-state index contributed by atoms with van der Waals surface area (Å²) in [6.45, 7) is 1.89. The minimum absolute atomic E-state index is 0.0845. The van der Waals surface area contributed by atoms with Crippen molar-refractivity contribution in [2.45, 2.75) is 44.6 Å². The molecule has 4 nitrogen and oxygen atoms in total. The highest BCUT2D eigenvalue weighted by Crippen LogP contribution is 2.32. The van der Waals surface area contributed by atoms with Crippen LogP contribution in [0.25, 0.3) is 0 Å². The van der Waals surface area contributed by atoms with E-state index in [0.29, 0.717) is 12.8 Å². The van der Waals surface area contributed by atoms with Crippen molar-refractivity contribution in [2.24, 2.45) is 7.05 Å². The Morgan fingerprint density at radius 3 is 2.59 bits per heavy atom. The second-order valence-electron chi connectivity index (χ2n) is 4.81. The maximum Gasteiger partial charge on any atom is 0.170 e. The number of rotatable bonds is 3. The summed E-state index contributed by atoms with van der Waals surface area (Å²) in [7, 11) is 1.82. The fourth-order valence-electron chi connectivity index (χ4n) is 2.43. The van der Waals surface area contributed by atoms with Crippen LogP contribution in [0.15, 0.2) is 4.47 Å². The number of hydrogen-bond acceptors (Lipinski definition) is 3. The van der Waals surface area contributed by atoms with Gasteiger partial charge in [-0.1, -0.05) is 0 Å². The van der Waals surface area contributed by atoms with Crippen molar-refractivity contribution in [1.29, 1.82) is 0 Å². The van der Waals surface area contributed by atoms with Crippen LogP contribution in [0.4, 0.5) is 0 Å². The number of ketones is 1. The second kappa shape index (κ2) is 4.53. The van der Waals surface area contributed by atoms with Gasteiger partial charge in [0.25, 0.3) is 0 Å². The van der Waals surface area contributed by atoms with Gasteiger partial charge in [0.05, 0.1) is 22.3 Å². The molecular formula is C12H17BrN2O2. The molecule has 1 aliphatic carbocycles. The Balaban J connectivity index is 2.18. The third kappa shape index (κ3) is 2.31. The molecular weight excluding hydrogens is 284 g/mol. The average molecular weight is 301 g/mol. The highest BCUT2D eigenvalue weighted by Gasteiger charge is 2.38. The van der Waals surface area contributed by atoms with Gasteiger partial charge in [0.1, 0.15) is 5.60 Å². The Morgan fingerprint density at radius 2 is 2.12 bits per heavy atom. The van der Waals surface area contributed by atoms with E-state index in [1.54, 1.807) is 4.68 Å². The number of carbonyl (C=O) groups excluding carboxylic acids is 1. The van der Waals surface area contributed by atoms with Crippen LogP contribution >= 0.6 is 15.9 Å². The van der Waals surface area contributed by atoms with Gasteiger partial charge in [-0.2, -0.15) is 5.10 Å². The van der Waals surface area contributed by atoms with Crippen molar-refractivity contribution >= 4 is 21.7 Å². The third-order valence-electron chi connectivity index (χ3n) is 3.54.